The number of unbranched alkanes of at least 4 members (excludes halogenated alkanes) is 4. The second-order valence-corrected chi connectivity index (χ2v) is 9.57. The molecule has 36 heavy (non-hydrogen) atoms. The van der Waals surface area contributed by atoms with E-state index >= 15 is 0 Å². The van der Waals surface area contributed by atoms with Crippen LogP contribution in [0.2, 0.25) is 0 Å². The van der Waals surface area contributed by atoms with Crippen molar-refractivity contribution in [1.29, 1.82) is 0 Å². The first kappa shape index (κ1) is 33.9. The quantitative estimate of drug-likeness (QED) is 0.157. The van der Waals surface area contributed by atoms with Crippen molar-refractivity contribution in [1.82, 2.24) is 10.6 Å². The van der Waals surface area contributed by atoms with Crippen LogP contribution in [0, 0.1) is 11.8 Å². The summed E-state index contributed by atoms with van der Waals surface area (Å²) in [5, 5.41) is 3.56. The summed E-state index contributed by atoms with van der Waals surface area (Å²) in [6, 6.07) is -3.14. The Morgan fingerprint density at radius 3 is 1.72 bits per heavy atom. The zero-order chi connectivity index (χ0) is 28.3. The zero-order valence-corrected chi connectivity index (χ0v) is 21.2. The molecule has 2 N–H and O–H groups in total. The Bertz CT molecular complexity index is 713. The largest absolute Gasteiger partial charge is 0.464 e. The molecule has 2 amide bonds. The van der Waals surface area contributed by atoms with E-state index in [0.29, 0.717) is 6.42 Å². The number of amides is 2. The van der Waals surface area contributed by atoms with Gasteiger partial charge in [0.25, 0.3) is 5.91 Å². The van der Waals surface area contributed by atoms with Gasteiger partial charge < -0.3 is 15.4 Å². The van der Waals surface area contributed by atoms with E-state index in [1.165, 1.54) is 19.2 Å². The van der Waals surface area contributed by atoms with E-state index in [1.54, 1.807) is 13.8 Å². The summed E-state index contributed by atoms with van der Waals surface area (Å²) in [5.74, 6) is -18.4. The van der Waals surface area contributed by atoms with Crippen molar-refractivity contribution in [2.45, 2.75) is 110 Å². The monoisotopic (exact) mass is 538 g/mol. The molecule has 2 atom stereocenters. The molecule has 0 bridgehead atoms. The highest BCUT2D eigenvalue weighted by atomic mass is 19.4. The predicted octanol–water partition coefficient (Wildman–Crippen LogP) is 5.39. The number of rotatable bonds is 16. The summed E-state index contributed by atoms with van der Waals surface area (Å²) < 4.78 is 96.5. The number of carbonyl (C=O) groups excluding carboxylic acids is 3. The van der Waals surface area contributed by atoms with Gasteiger partial charge in [-0.2, -0.15) is 30.7 Å². The molecule has 0 radical (unpaired) electrons. The van der Waals surface area contributed by atoms with E-state index in [1.807, 2.05) is 6.92 Å². The second-order valence-electron chi connectivity index (χ2n) is 9.57. The van der Waals surface area contributed by atoms with Crippen molar-refractivity contribution in [2.24, 2.45) is 11.8 Å². The van der Waals surface area contributed by atoms with Crippen molar-refractivity contribution in [3.05, 3.63) is 0 Å². The number of esters is 1. The molecule has 0 aromatic rings. The Labute approximate surface area is 207 Å². The Morgan fingerprint density at radius 1 is 0.750 bits per heavy atom. The maximum atomic E-state index is 13.8. The van der Waals surface area contributed by atoms with Gasteiger partial charge in [0.15, 0.2) is 0 Å². The highest BCUT2D eigenvalue weighted by Gasteiger charge is 2.76. The first-order valence-electron chi connectivity index (χ1n) is 12.0. The van der Waals surface area contributed by atoms with E-state index in [4.69, 9.17) is 4.74 Å². The predicted molar refractivity (Wildman–Crippen MR) is 118 cm³/mol. The number of hydrogen-bond donors (Lipinski definition) is 2. The van der Waals surface area contributed by atoms with Gasteiger partial charge in [-0.05, 0) is 31.1 Å². The van der Waals surface area contributed by atoms with Gasteiger partial charge in [0.1, 0.15) is 12.1 Å². The van der Waals surface area contributed by atoms with Crippen molar-refractivity contribution < 1.29 is 49.9 Å². The normalized spacial score (nSPS) is 14.5. The molecule has 0 spiro atoms. The Morgan fingerprint density at radius 2 is 1.25 bits per heavy atom. The molecule has 0 aliphatic rings. The highest BCUT2D eigenvalue weighted by molar-refractivity contribution is 5.93. The Hall–Kier alpha value is -2.08. The van der Waals surface area contributed by atoms with Gasteiger partial charge in [0, 0.05) is 0 Å². The molecule has 0 heterocycles. The van der Waals surface area contributed by atoms with Crippen molar-refractivity contribution >= 4 is 17.8 Å². The number of ether oxygens (including phenoxy) is 1. The lowest BCUT2D eigenvalue weighted by atomic mass is 10.00. The van der Waals surface area contributed by atoms with Crippen LogP contribution >= 0.6 is 0 Å². The SMILES string of the molecule is CCCCCCCOC(=O)C(CC(C)C)NC(=O)C(CC(C)C)NC(=O)C(F)(F)C(F)(F)C(F)(F)F. The molecule has 212 valence electrons. The van der Waals surface area contributed by atoms with Crippen LogP contribution in [-0.4, -0.2) is 54.5 Å². The lowest BCUT2D eigenvalue weighted by Crippen LogP contribution is -2.62. The number of hydrogen-bond acceptors (Lipinski definition) is 4. The average molecular weight is 539 g/mol. The van der Waals surface area contributed by atoms with E-state index in [2.05, 4.69) is 5.32 Å². The molecule has 0 saturated carbocycles. The van der Waals surface area contributed by atoms with Gasteiger partial charge in [-0.3, -0.25) is 9.59 Å². The minimum absolute atomic E-state index is 0.0745. The van der Waals surface area contributed by atoms with E-state index in [0.717, 1.165) is 25.7 Å². The number of carbonyl (C=O) groups is 3. The van der Waals surface area contributed by atoms with Crippen molar-refractivity contribution in [3.63, 3.8) is 0 Å². The molecular weight excluding hydrogens is 501 g/mol. The third-order valence-electron chi connectivity index (χ3n) is 5.16. The molecule has 0 fully saturated rings. The van der Waals surface area contributed by atoms with Crippen LogP contribution in [0.1, 0.15) is 79.6 Å². The molecule has 0 aliphatic heterocycles. The summed E-state index contributed by atoms with van der Waals surface area (Å²) >= 11 is 0. The fourth-order valence-electron chi connectivity index (χ4n) is 3.21. The molecule has 0 saturated heterocycles. The summed E-state index contributed by atoms with van der Waals surface area (Å²) in [6.07, 6.45) is -2.59. The van der Waals surface area contributed by atoms with Gasteiger partial charge in [-0.1, -0.05) is 60.3 Å². The molecular formula is C23H37F7N2O4. The standard InChI is InChI=1S/C23H37F7N2O4/c1-6-7-8-9-10-11-36-19(34)17(13-15(4)5)31-18(33)16(12-14(2)3)32-20(35)21(24,25)22(26,27)23(28,29)30/h14-17H,6-13H2,1-5H3,(H,31,33)(H,32,35). The minimum atomic E-state index is -6.70. The van der Waals surface area contributed by atoms with Gasteiger partial charge in [0.2, 0.25) is 5.91 Å². The zero-order valence-electron chi connectivity index (χ0n) is 21.2. The molecule has 6 nitrogen and oxygen atoms in total. The summed E-state index contributed by atoms with van der Waals surface area (Å²) in [5.41, 5.74) is 0. The Kier molecular flexibility index (Phi) is 13.8. The molecule has 13 heteroatoms. The van der Waals surface area contributed by atoms with Gasteiger partial charge in [-0.25, -0.2) is 4.79 Å². The number of alkyl halides is 7. The maximum absolute atomic E-state index is 13.8. The van der Waals surface area contributed by atoms with Gasteiger partial charge in [0.05, 0.1) is 6.61 Å². The number of halogens is 7. The van der Waals surface area contributed by atoms with Crippen LogP contribution in [0.5, 0.6) is 0 Å². The minimum Gasteiger partial charge on any atom is -0.464 e. The summed E-state index contributed by atoms with van der Waals surface area (Å²) in [4.78, 5) is 37.0. The Balaban J connectivity index is 5.50. The maximum Gasteiger partial charge on any atom is 0.460 e. The summed E-state index contributed by atoms with van der Waals surface area (Å²) in [6.45, 7) is 8.59. The van der Waals surface area contributed by atoms with Crippen LogP contribution in [-0.2, 0) is 19.1 Å². The molecule has 0 rings (SSSR count). The lowest BCUT2D eigenvalue weighted by molar-refractivity contribution is -0.344. The van der Waals surface area contributed by atoms with Crippen molar-refractivity contribution in [2.75, 3.05) is 6.61 Å². The number of nitrogens with one attached hydrogen (secondary N) is 2. The smallest absolute Gasteiger partial charge is 0.460 e. The van der Waals surface area contributed by atoms with E-state index < -0.39 is 53.8 Å². The highest BCUT2D eigenvalue weighted by Crippen LogP contribution is 2.46. The van der Waals surface area contributed by atoms with E-state index in [-0.39, 0.29) is 25.4 Å². The van der Waals surface area contributed by atoms with Crippen LogP contribution in [0.3, 0.4) is 0 Å². The van der Waals surface area contributed by atoms with E-state index in [9.17, 15) is 45.1 Å². The fourth-order valence-corrected chi connectivity index (χ4v) is 3.21. The molecule has 0 aromatic carbocycles. The van der Waals surface area contributed by atoms with Gasteiger partial charge in [-0.15, -0.1) is 0 Å². The third kappa shape index (κ3) is 10.5. The molecule has 0 aliphatic carbocycles. The first-order valence-corrected chi connectivity index (χ1v) is 12.0. The average Bonchev–Trinajstić information content (AvgIpc) is 2.73. The van der Waals surface area contributed by atoms with Crippen molar-refractivity contribution in [3.8, 4) is 0 Å². The molecule has 0 aromatic heterocycles. The topological polar surface area (TPSA) is 84.5 Å². The van der Waals surface area contributed by atoms with Crippen LogP contribution in [0.4, 0.5) is 30.7 Å². The van der Waals surface area contributed by atoms with Crippen LogP contribution in [0.15, 0.2) is 0 Å². The second kappa shape index (κ2) is 14.6. The molecule has 2 unspecified atom stereocenters. The first-order chi connectivity index (χ1) is 16.4. The van der Waals surface area contributed by atoms with Crippen LogP contribution in [0.25, 0.3) is 0 Å². The lowest BCUT2D eigenvalue weighted by Gasteiger charge is -2.29. The van der Waals surface area contributed by atoms with Gasteiger partial charge >= 0.3 is 24.0 Å². The third-order valence-corrected chi connectivity index (χ3v) is 5.16. The summed E-state index contributed by atoms with van der Waals surface area (Å²) in [7, 11) is 0. The van der Waals surface area contributed by atoms with Crippen LogP contribution < -0.4 is 10.6 Å². The fraction of sp³-hybridized carbons (Fsp3) is 0.870.